The fourth-order valence-corrected chi connectivity index (χ4v) is 4.90. The Bertz CT molecular complexity index is 1110. The van der Waals surface area contributed by atoms with Crippen molar-refractivity contribution < 1.29 is 23.5 Å². The number of hydrogen-bond donors (Lipinski definition) is 1. The molecule has 1 aromatic carbocycles. The normalized spacial score (nSPS) is 21.1. The van der Waals surface area contributed by atoms with Crippen molar-refractivity contribution in [3.05, 3.63) is 62.5 Å². The second kappa shape index (κ2) is 11.2. The number of aromatic nitrogens is 1. The number of hydrogen-bond acceptors (Lipinski definition) is 9. The van der Waals surface area contributed by atoms with Crippen molar-refractivity contribution >= 4 is 41.0 Å². The van der Waals surface area contributed by atoms with E-state index in [0.717, 1.165) is 6.29 Å². The van der Waals surface area contributed by atoms with E-state index >= 15 is 0 Å². The summed E-state index contributed by atoms with van der Waals surface area (Å²) in [6, 6.07) is 3.21. The van der Waals surface area contributed by atoms with Gasteiger partial charge in [-0.05, 0) is 18.6 Å². The van der Waals surface area contributed by atoms with Crippen LogP contribution in [0.2, 0.25) is 5.02 Å². The first-order valence-electron chi connectivity index (χ1n) is 10.8. The second-order valence-corrected chi connectivity index (χ2v) is 9.17. The molecule has 4 rings (SSSR count). The minimum Gasteiger partial charge on any atom is -0.466 e. The molecule has 1 aromatic heterocycles. The van der Waals surface area contributed by atoms with E-state index in [2.05, 4.69) is 15.2 Å². The van der Waals surface area contributed by atoms with Crippen LogP contribution in [0.3, 0.4) is 0 Å². The van der Waals surface area contributed by atoms with Crippen LogP contribution >= 0.6 is 22.9 Å². The zero-order valence-corrected chi connectivity index (χ0v) is 20.1. The lowest BCUT2D eigenvalue weighted by Gasteiger charge is -2.35. The van der Waals surface area contributed by atoms with Crippen LogP contribution in [-0.4, -0.2) is 67.4 Å². The lowest BCUT2D eigenvalue weighted by atomic mass is 9.95. The van der Waals surface area contributed by atoms with Crippen LogP contribution in [0.15, 0.2) is 46.0 Å². The number of aldehydes is 1. The first kappa shape index (κ1) is 24.5. The summed E-state index contributed by atoms with van der Waals surface area (Å²) in [6.07, 6.45) is 3.55. The van der Waals surface area contributed by atoms with Crippen molar-refractivity contribution in [3.8, 4) is 0 Å². The van der Waals surface area contributed by atoms with E-state index in [1.54, 1.807) is 6.20 Å². The number of nitrogens with zero attached hydrogens (tertiary/aromatic N) is 3. The van der Waals surface area contributed by atoms with Gasteiger partial charge in [-0.2, -0.15) is 0 Å². The molecule has 0 spiro atoms. The lowest BCUT2D eigenvalue weighted by Crippen LogP contribution is -2.46. The topological polar surface area (TPSA) is 93.1 Å². The summed E-state index contributed by atoms with van der Waals surface area (Å²) in [7, 11) is 1.31. The maximum absolute atomic E-state index is 13.8. The Labute approximate surface area is 205 Å². The van der Waals surface area contributed by atoms with Gasteiger partial charge in [0.2, 0.25) is 0 Å². The number of nitrogens with one attached hydrogen (secondary N) is 1. The molecule has 0 bridgehead atoms. The van der Waals surface area contributed by atoms with E-state index in [1.807, 2.05) is 5.38 Å². The molecule has 1 saturated heterocycles. The molecule has 1 fully saturated rings. The quantitative estimate of drug-likeness (QED) is 0.434. The molecule has 34 heavy (non-hydrogen) atoms. The van der Waals surface area contributed by atoms with Gasteiger partial charge >= 0.3 is 5.97 Å². The van der Waals surface area contributed by atoms with Gasteiger partial charge in [-0.25, -0.2) is 14.2 Å². The van der Waals surface area contributed by atoms with Gasteiger partial charge in [0.1, 0.15) is 18.1 Å². The SMILES string of the molecule is COC(=O)C1=C(CN2CCO[C@H](CCC=O)C2)NC(c2nccs2)=NC1c1ccc(F)cc1Cl. The largest absolute Gasteiger partial charge is 0.466 e. The molecule has 11 heteroatoms. The van der Waals surface area contributed by atoms with E-state index in [0.29, 0.717) is 66.8 Å². The molecular formula is C23H24ClFN4O4S. The average molecular weight is 507 g/mol. The van der Waals surface area contributed by atoms with Gasteiger partial charge in [-0.15, -0.1) is 11.3 Å². The van der Waals surface area contributed by atoms with Gasteiger partial charge in [-0.3, -0.25) is 9.89 Å². The Morgan fingerprint density at radius 2 is 2.32 bits per heavy atom. The number of halogens is 2. The van der Waals surface area contributed by atoms with Crippen LogP contribution in [0.1, 0.15) is 29.5 Å². The van der Waals surface area contributed by atoms with Crippen LogP contribution in [0.25, 0.3) is 0 Å². The Balaban J connectivity index is 1.73. The molecule has 0 saturated carbocycles. The molecule has 2 aliphatic rings. The van der Waals surface area contributed by atoms with Crippen LogP contribution in [-0.2, 0) is 19.1 Å². The summed E-state index contributed by atoms with van der Waals surface area (Å²) >= 11 is 7.79. The van der Waals surface area contributed by atoms with E-state index in [4.69, 9.17) is 26.1 Å². The smallest absolute Gasteiger partial charge is 0.338 e. The number of methoxy groups -OCH3 is 1. The van der Waals surface area contributed by atoms with Gasteiger partial charge in [0.25, 0.3) is 0 Å². The van der Waals surface area contributed by atoms with Crippen molar-refractivity contribution in [2.75, 3.05) is 33.4 Å². The highest BCUT2D eigenvalue weighted by Gasteiger charge is 2.35. The predicted octanol–water partition coefficient (Wildman–Crippen LogP) is 3.13. The summed E-state index contributed by atoms with van der Waals surface area (Å²) in [5.74, 6) is -0.542. The molecule has 180 valence electrons. The predicted molar refractivity (Wildman–Crippen MR) is 126 cm³/mol. The number of carbonyl (C=O) groups is 2. The Morgan fingerprint density at radius 3 is 3.03 bits per heavy atom. The highest BCUT2D eigenvalue weighted by atomic mass is 35.5. The minimum atomic E-state index is -0.803. The van der Waals surface area contributed by atoms with Gasteiger partial charge in [0, 0.05) is 53.9 Å². The molecule has 2 aromatic rings. The molecule has 3 heterocycles. The second-order valence-electron chi connectivity index (χ2n) is 7.86. The summed E-state index contributed by atoms with van der Waals surface area (Å²) in [6.45, 7) is 2.18. The van der Waals surface area contributed by atoms with Crippen molar-refractivity contribution in [2.45, 2.75) is 25.0 Å². The third-order valence-electron chi connectivity index (χ3n) is 5.63. The van der Waals surface area contributed by atoms with Gasteiger partial charge in [-0.1, -0.05) is 17.7 Å². The molecule has 0 aliphatic carbocycles. The van der Waals surface area contributed by atoms with Gasteiger partial charge in [0.15, 0.2) is 10.8 Å². The maximum Gasteiger partial charge on any atom is 0.338 e. The van der Waals surface area contributed by atoms with Crippen LogP contribution in [0, 0.1) is 5.82 Å². The number of morpholine rings is 1. The Hall–Kier alpha value is -2.66. The van der Waals surface area contributed by atoms with Gasteiger partial charge in [0.05, 0.1) is 25.4 Å². The first-order chi connectivity index (χ1) is 16.5. The van der Waals surface area contributed by atoms with Crippen LogP contribution < -0.4 is 5.32 Å². The average Bonchev–Trinajstić information content (AvgIpc) is 3.37. The fraction of sp³-hybridized carbons (Fsp3) is 0.391. The highest BCUT2D eigenvalue weighted by Crippen LogP contribution is 2.37. The lowest BCUT2D eigenvalue weighted by molar-refractivity contribution is -0.136. The Morgan fingerprint density at radius 1 is 1.47 bits per heavy atom. The number of thiazole rings is 1. The summed E-state index contributed by atoms with van der Waals surface area (Å²) in [5.41, 5.74) is 1.39. The van der Waals surface area contributed by atoms with Crippen molar-refractivity contribution in [3.63, 3.8) is 0 Å². The molecule has 2 atom stereocenters. The maximum atomic E-state index is 13.8. The van der Waals surface area contributed by atoms with Crippen molar-refractivity contribution in [1.29, 1.82) is 0 Å². The number of benzene rings is 1. The monoisotopic (exact) mass is 506 g/mol. The number of carbonyl (C=O) groups excluding carboxylic acids is 2. The molecule has 2 aliphatic heterocycles. The fourth-order valence-electron chi connectivity index (χ4n) is 4.04. The number of aliphatic imine (C=N–C) groups is 1. The third kappa shape index (κ3) is 5.52. The van der Waals surface area contributed by atoms with Crippen LogP contribution in [0.5, 0.6) is 0 Å². The summed E-state index contributed by atoms with van der Waals surface area (Å²) in [5, 5.41) is 5.92. The number of amidine groups is 1. The van der Waals surface area contributed by atoms with Crippen molar-refractivity contribution in [1.82, 2.24) is 15.2 Å². The third-order valence-corrected chi connectivity index (χ3v) is 6.74. The van der Waals surface area contributed by atoms with Crippen molar-refractivity contribution in [2.24, 2.45) is 4.99 Å². The summed E-state index contributed by atoms with van der Waals surface area (Å²) in [4.78, 5) is 35.0. The zero-order chi connectivity index (χ0) is 24.1. The number of rotatable bonds is 8. The number of esters is 1. The number of ether oxygens (including phenoxy) is 2. The molecular weight excluding hydrogens is 483 g/mol. The molecule has 0 radical (unpaired) electrons. The van der Waals surface area contributed by atoms with Crippen LogP contribution in [0.4, 0.5) is 4.39 Å². The standard InChI is InChI=1S/C23H24ClFN4O4S/c1-32-23(31)19-18(13-29-7-9-33-15(12-29)3-2-8-30)27-21(22-26-6-10-34-22)28-20(19)16-5-4-14(25)11-17(16)24/h4-6,8,10-11,15,20H,2-3,7,9,12-13H2,1H3,(H,27,28)/t15-,20?/m1/s1. The van der Waals surface area contributed by atoms with E-state index in [-0.39, 0.29) is 11.1 Å². The first-order valence-corrected chi connectivity index (χ1v) is 12.0. The molecule has 8 nitrogen and oxygen atoms in total. The molecule has 0 amide bonds. The summed E-state index contributed by atoms with van der Waals surface area (Å²) < 4.78 is 24.6. The van der Waals surface area contributed by atoms with E-state index < -0.39 is 17.8 Å². The molecule has 1 N–H and O–H groups in total. The highest BCUT2D eigenvalue weighted by molar-refractivity contribution is 7.11. The minimum absolute atomic E-state index is 0.0702. The van der Waals surface area contributed by atoms with E-state index in [1.165, 1.54) is 36.6 Å². The Kier molecular flexibility index (Phi) is 8.04. The zero-order valence-electron chi connectivity index (χ0n) is 18.5. The van der Waals surface area contributed by atoms with Gasteiger partial charge < -0.3 is 19.6 Å². The molecule has 1 unspecified atom stereocenters. The van der Waals surface area contributed by atoms with E-state index in [9.17, 15) is 14.0 Å².